The number of hydrogen-bond acceptors (Lipinski definition) is 6. The lowest BCUT2D eigenvalue weighted by Gasteiger charge is -2.22. The molecule has 1 atom stereocenters. The lowest BCUT2D eigenvalue weighted by atomic mass is 10.1. The third kappa shape index (κ3) is 3.74. The minimum absolute atomic E-state index is 0.0762. The third-order valence-corrected chi connectivity index (χ3v) is 2.86. The maximum atomic E-state index is 11.7. The van der Waals surface area contributed by atoms with E-state index in [1.165, 1.54) is 0 Å². The second-order valence-electron chi connectivity index (χ2n) is 4.32. The first kappa shape index (κ1) is 12.9. The molecular formula is C10H18N6O2. The van der Waals surface area contributed by atoms with Crippen molar-refractivity contribution in [3.05, 3.63) is 5.82 Å². The molecule has 2 heterocycles. The molecule has 1 aliphatic rings. The van der Waals surface area contributed by atoms with E-state index in [2.05, 4.69) is 31.3 Å². The van der Waals surface area contributed by atoms with Crippen LogP contribution in [0.5, 0.6) is 0 Å². The summed E-state index contributed by atoms with van der Waals surface area (Å²) < 4.78 is 5.55. The number of tetrazole rings is 1. The predicted molar refractivity (Wildman–Crippen MR) is 62.6 cm³/mol. The second-order valence-corrected chi connectivity index (χ2v) is 4.32. The number of nitrogens with zero attached hydrogens (tertiary/aromatic N) is 3. The molecule has 0 radical (unpaired) electrons. The number of hydrogen-bond donors (Lipinski definition) is 3. The fourth-order valence-electron chi connectivity index (χ4n) is 1.86. The molecule has 1 fully saturated rings. The van der Waals surface area contributed by atoms with E-state index in [9.17, 15) is 4.79 Å². The summed E-state index contributed by atoms with van der Waals surface area (Å²) in [6, 6.07) is -0.270. The molecule has 1 aromatic heterocycles. The molecule has 8 heteroatoms. The first-order valence-corrected chi connectivity index (χ1v) is 6.10. The van der Waals surface area contributed by atoms with Crippen LogP contribution in [-0.4, -0.2) is 52.3 Å². The van der Waals surface area contributed by atoms with Gasteiger partial charge >= 0.3 is 0 Å². The molecule has 3 N–H and O–H groups in total. The van der Waals surface area contributed by atoms with E-state index in [0.29, 0.717) is 5.82 Å². The molecule has 1 saturated heterocycles. The zero-order valence-corrected chi connectivity index (χ0v) is 10.3. The van der Waals surface area contributed by atoms with Crippen LogP contribution < -0.4 is 10.6 Å². The normalized spacial score (nSPS) is 18.5. The van der Waals surface area contributed by atoms with Gasteiger partial charge in [0.1, 0.15) is 6.61 Å². The van der Waals surface area contributed by atoms with Gasteiger partial charge < -0.3 is 15.4 Å². The Hall–Kier alpha value is -1.54. The summed E-state index contributed by atoms with van der Waals surface area (Å²) in [6.07, 6.45) is 2.08. The minimum atomic E-state index is -0.270. The Morgan fingerprint density at radius 2 is 2.33 bits per heavy atom. The van der Waals surface area contributed by atoms with Gasteiger partial charge in [0.25, 0.3) is 0 Å². The topological polar surface area (TPSA) is 105 Å². The van der Waals surface area contributed by atoms with Crippen molar-refractivity contribution in [1.29, 1.82) is 0 Å². The van der Waals surface area contributed by atoms with Gasteiger partial charge in [-0.25, -0.2) is 0 Å². The van der Waals surface area contributed by atoms with Crippen LogP contribution >= 0.6 is 0 Å². The molecule has 2 rings (SSSR count). The van der Waals surface area contributed by atoms with Crippen molar-refractivity contribution < 1.29 is 9.53 Å². The highest BCUT2D eigenvalue weighted by Gasteiger charge is 2.17. The summed E-state index contributed by atoms with van der Waals surface area (Å²) in [5.41, 5.74) is 0. The zero-order chi connectivity index (χ0) is 12.8. The standard InChI is InChI=1S/C10H18N6O2/c1-7(10-13-15-16-14-10)12-9(17)6-18-8-2-4-11-5-3-8/h7-8,11H,2-6H2,1H3,(H,12,17)(H,13,14,15,16). The van der Waals surface area contributed by atoms with E-state index >= 15 is 0 Å². The summed E-state index contributed by atoms with van der Waals surface area (Å²) in [7, 11) is 0. The molecule has 0 aromatic carbocycles. The van der Waals surface area contributed by atoms with E-state index in [4.69, 9.17) is 4.74 Å². The first-order chi connectivity index (χ1) is 8.75. The largest absolute Gasteiger partial charge is 0.368 e. The number of rotatable bonds is 5. The molecule has 1 aromatic rings. The number of piperidine rings is 1. The highest BCUT2D eigenvalue weighted by atomic mass is 16.5. The van der Waals surface area contributed by atoms with Crippen molar-refractivity contribution in [3.8, 4) is 0 Å². The van der Waals surface area contributed by atoms with Crippen LogP contribution in [0, 0.1) is 0 Å². The molecule has 1 unspecified atom stereocenters. The summed E-state index contributed by atoms with van der Waals surface area (Å²) in [5.74, 6) is 0.302. The Labute approximate surface area is 105 Å². The molecular weight excluding hydrogens is 236 g/mol. The Kier molecular flexibility index (Phi) is 4.59. The number of amides is 1. The Morgan fingerprint density at radius 1 is 1.56 bits per heavy atom. The number of carbonyl (C=O) groups excluding carboxylic acids is 1. The second kappa shape index (κ2) is 6.41. The number of carbonyl (C=O) groups is 1. The van der Waals surface area contributed by atoms with Crippen LogP contribution in [0.2, 0.25) is 0 Å². The Morgan fingerprint density at radius 3 is 3.00 bits per heavy atom. The molecule has 18 heavy (non-hydrogen) atoms. The van der Waals surface area contributed by atoms with Gasteiger partial charge in [0, 0.05) is 0 Å². The van der Waals surface area contributed by atoms with E-state index in [0.717, 1.165) is 25.9 Å². The van der Waals surface area contributed by atoms with Crippen molar-refractivity contribution in [2.75, 3.05) is 19.7 Å². The van der Waals surface area contributed by atoms with Gasteiger partial charge in [0.2, 0.25) is 5.91 Å². The van der Waals surface area contributed by atoms with E-state index < -0.39 is 0 Å². The van der Waals surface area contributed by atoms with E-state index in [-0.39, 0.29) is 24.7 Å². The quantitative estimate of drug-likeness (QED) is 0.632. The van der Waals surface area contributed by atoms with E-state index in [1.807, 2.05) is 0 Å². The average molecular weight is 254 g/mol. The Bertz CT molecular complexity index is 362. The van der Waals surface area contributed by atoms with Gasteiger partial charge in [-0.3, -0.25) is 4.79 Å². The molecule has 1 amide bonds. The highest BCUT2D eigenvalue weighted by molar-refractivity contribution is 5.77. The van der Waals surface area contributed by atoms with Crippen LogP contribution in [0.15, 0.2) is 0 Å². The van der Waals surface area contributed by atoms with Crippen LogP contribution in [0.3, 0.4) is 0 Å². The van der Waals surface area contributed by atoms with Crippen molar-refractivity contribution in [2.45, 2.75) is 31.9 Å². The van der Waals surface area contributed by atoms with Gasteiger partial charge in [0.05, 0.1) is 12.1 Å². The number of ether oxygens (including phenoxy) is 1. The third-order valence-electron chi connectivity index (χ3n) is 2.86. The maximum absolute atomic E-state index is 11.7. The van der Waals surface area contributed by atoms with Gasteiger partial charge in [-0.05, 0) is 32.9 Å². The fourth-order valence-corrected chi connectivity index (χ4v) is 1.86. The van der Waals surface area contributed by atoms with Crippen LogP contribution in [0.4, 0.5) is 0 Å². The van der Waals surface area contributed by atoms with Crippen LogP contribution in [0.1, 0.15) is 31.6 Å². The van der Waals surface area contributed by atoms with Crippen molar-refractivity contribution in [2.24, 2.45) is 0 Å². The summed E-state index contributed by atoms with van der Waals surface area (Å²) in [4.78, 5) is 11.7. The van der Waals surface area contributed by atoms with E-state index in [1.54, 1.807) is 6.92 Å². The molecule has 0 spiro atoms. The monoisotopic (exact) mass is 254 g/mol. The zero-order valence-electron chi connectivity index (χ0n) is 10.3. The van der Waals surface area contributed by atoms with Gasteiger partial charge in [-0.2, -0.15) is 5.21 Å². The lowest BCUT2D eigenvalue weighted by molar-refractivity contribution is -0.128. The van der Waals surface area contributed by atoms with Gasteiger partial charge in [0.15, 0.2) is 5.82 Å². The first-order valence-electron chi connectivity index (χ1n) is 6.10. The highest BCUT2D eigenvalue weighted by Crippen LogP contribution is 2.07. The van der Waals surface area contributed by atoms with Crippen LogP contribution in [0.25, 0.3) is 0 Å². The summed E-state index contributed by atoms with van der Waals surface area (Å²) in [6.45, 7) is 3.78. The molecule has 100 valence electrons. The van der Waals surface area contributed by atoms with Crippen molar-refractivity contribution in [1.82, 2.24) is 31.3 Å². The minimum Gasteiger partial charge on any atom is -0.368 e. The fraction of sp³-hybridized carbons (Fsp3) is 0.800. The number of H-pyrrole nitrogens is 1. The number of nitrogens with one attached hydrogen (secondary N) is 3. The van der Waals surface area contributed by atoms with Crippen molar-refractivity contribution >= 4 is 5.91 Å². The SMILES string of the molecule is CC(NC(=O)COC1CCNCC1)c1nn[nH]n1. The Balaban J connectivity index is 1.68. The number of aromatic nitrogens is 4. The predicted octanol–water partition coefficient (Wildman–Crippen LogP) is -0.854. The lowest BCUT2D eigenvalue weighted by Crippen LogP contribution is -2.36. The van der Waals surface area contributed by atoms with Crippen molar-refractivity contribution in [3.63, 3.8) is 0 Å². The molecule has 0 aliphatic carbocycles. The number of aromatic amines is 1. The van der Waals surface area contributed by atoms with Crippen LogP contribution in [-0.2, 0) is 9.53 Å². The van der Waals surface area contributed by atoms with Gasteiger partial charge in [-0.1, -0.05) is 5.21 Å². The summed E-state index contributed by atoms with van der Waals surface area (Å²) >= 11 is 0. The molecule has 0 saturated carbocycles. The summed E-state index contributed by atoms with van der Waals surface area (Å²) in [5, 5.41) is 19.4. The van der Waals surface area contributed by atoms with Gasteiger partial charge in [-0.15, -0.1) is 10.2 Å². The average Bonchev–Trinajstić information content (AvgIpc) is 2.91. The maximum Gasteiger partial charge on any atom is 0.246 e. The molecule has 0 bridgehead atoms. The smallest absolute Gasteiger partial charge is 0.246 e. The molecule has 8 nitrogen and oxygen atoms in total. The molecule has 1 aliphatic heterocycles.